The molecule has 0 aromatic heterocycles. The predicted octanol–water partition coefficient (Wildman–Crippen LogP) is 5.45. The van der Waals surface area contributed by atoms with Gasteiger partial charge in [0.1, 0.15) is 18.3 Å². The maximum atomic E-state index is 14.1. The smallest absolute Gasteiger partial charge is 0.264 e. The molecule has 8 nitrogen and oxygen atoms in total. The maximum Gasteiger partial charge on any atom is 0.264 e. The quantitative estimate of drug-likeness (QED) is 0.294. The van der Waals surface area contributed by atoms with E-state index in [1.807, 2.05) is 30.3 Å². The van der Waals surface area contributed by atoms with Crippen LogP contribution in [0.15, 0.2) is 83.8 Å². The van der Waals surface area contributed by atoms with E-state index in [1.165, 1.54) is 30.2 Å². The highest BCUT2D eigenvalue weighted by atomic mass is 35.5. The normalized spacial score (nSPS) is 14.5. The summed E-state index contributed by atoms with van der Waals surface area (Å²) in [5.74, 6) is -0.523. The van der Waals surface area contributed by atoms with E-state index in [1.54, 1.807) is 37.3 Å². The number of nitrogens with one attached hydrogen (secondary N) is 1. The summed E-state index contributed by atoms with van der Waals surface area (Å²) in [6.07, 6.45) is 5.59. The molecule has 224 valence electrons. The minimum Gasteiger partial charge on any atom is -0.495 e. The average Bonchev–Trinajstić information content (AvgIpc) is 3.01. The van der Waals surface area contributed by atoms with Gasteiger partial charge in [0, 0.05) is 17.6 Å². The van der Waals surface area contributed by atoms with Gasteiger partial charge in [-0.15, -0.1) is 0 Å². The van der Waals surface area contributed by atoms with E-state index < -0.39 is 28.5 Å². The second-order valence-electron chi connectivity index (χ2n) is 10.5. The Morgan fingerprint density at radius 2 is 1.62 bits per heavy atom. The molecule has 42 heavy (non-hydrogen) atoms. The molecule has 0 heterocycles. The van der Waals surface area contributed by atoms with E-state index in [9.17, 15) is 18.0 Å². The van der Waals surface area contributed by atoms with E-state index >= 15 is 0 Å². The summed E-state index contributed by atoms with van der Waals surface area (Å²) in [6.45, 7) is 1.37. The van der Waals surface area contributed by atoms with Gasteiger partial charge in [0.15, 0.2) is 0 Å². The second-order valence-corrected chi connectivity index (χ2v) is 12.8. The molecular formula is C32H38ClN3O5S. The van der Waals surface area contributed by atoms with Crippen molar-refractivity contribution in [3.63, 3.8) is 0 Å². The van der Waals surface area contributed by atoms with Crippen molar-refractivity contribution >= 4 is 39.1 Å². The lowest BCUT2D eigenvalue weighted by Gasteiger charge is -2.33. The average molecular weight is 612 g/mol. The van der Waals surface area contributed by atoms with Gasteiger partial charge in [0.2, 0.25) is 11.8 Å². The predicted molar refractivity (Wildman–Crippen MR) is 165 cm³/mol. The van der Waals surface area contributed by atoms with Crippen LogP contribution in [-0.4, -0.2) is 57.4 Å². The Balaban J connectivity index is 1.68. The molecule has 1 aliphatic rings. The number of sulfonamides is 1. The number of ether oxygens (including phenoxy) is 1. The molecule has 0 bridgehead atoms. The van der Waals surface area contributed by atoms with Gasteiger partial charge in [-0.25, -0.2) is 8.42 Å². The standard InChI is InChI=1S/C32H38ClN3O5S/c1-24(32(38)34-27-14-8-4-9-15-27)35(21-20-25-12-6-3-7-13-25)31(37)23-36(29-22-26(33)18-19-30(29)41-2)42(39,40)28-16-10-5-11-17-28/h3,5-7,10-13,16-19,22,24,27H,4,8-9,14-15,20-21,23H2,1-2H3,(H,34,38). The van der Waals surface area contributed by atoms with E-state index in [-0.39, 0.29) is 39.8 Å². The lowest BCUT2D eigenvalue weighted by atomic mass is 9.95. The first-order valence-electron chi connectivity index (χ1n) is 14.3. The van der Waals surface area contributed by atoms with Crippen molar-refractivity contribution in [3.05, 3.63) is 89.4 Å². The first-order chi connectivity index (χ1) is 20.2. The number of hydrogen-bond acceptors (Lipinski definition) is 5. The highest BCUT2D eigenvalue weighted by Crippen LogP contribution is 2.35. The van der Waals surface area contributed by atoms with E-state index in [0.29, 0.717) is 6.42 Å². The number of amides is 2. The Morgan fingerprint density at radius 3 is 2.26 bits per heavy atom. The van der Waals surface area contributed by atoms with Crippen LogP contribution >= 0.6 is 11.6 Å². The van der Waals surface area contributed by atoms with Crippen molar-refractivity contribution in [2.24, 2.45) is 0 Å². The van der Waals surface area contributed by atoms with Crippen molar-refractivity contribution < 1.29 is 22.7 Å². The van der Waals surface area contributed by atoms with Crippen LogP contribution in [0.4, 0.5) is 5.69 Å². The zero-order chi connectivity index (χ0) is 30.1. The Hall–Kier alpha value is -3.56. The van der Waals surface area contributed by atoms with E-state index in [2.05, 4.69) is 5.32 Å². The zero-order valence-corrected chi connectivity index (χ0v) is 25.6. The molecule has 1 aliphatic carbocycles. The van der Waals surface area contributed by atoms with Crippen LogP contribution in [0.5, 0.6) is 5.75 Å². The Bertz CT molecular complexity index is 1450. The summed E-state index contributed by atoms with van der Waals surface area (Å²) in [4.78, 5) is 29.0. The van der Waals surface area contributed by atoms with Crippen molar-refractivity contribution in [1.29, 1.82) is 0 Å². The van der Waals surface area contributed by atoms with Crippen LogP contribution in [0.2, 0.25) is 5.02 Å². The third kappa shape index (κ3) is 7.83. The molecule has 1 N–H and O–H groups in total. The number of carbonyl (C=O) groups excluding carboxylic acids is 2. The van der Waals surface area contributed by atoms with Crippen LogP contribution in [0, 0.1) is 0 Å². The van der Waals surface area contributed by atoms with Gasteiger partial charge in [-0.2, -0.15) is 0 Å². The molecule has 0 aliphatic heterocycles. The molecule has 3 aromatic carbocycles. The summed E-state index contributed by atoms with van der Waals surface area (Å²) in [5.41, 5.74) is 1.13. The summed E-state index contributed by atoms with van der Waals surface area (Å²) in [6, 6.07) is 21.4. The topological polar surface area (TPSA) is 96.0 Å². The van der Waals surface area contributed by atoms with Crippen LogP contribution in [-0.2, 0) is 26.0 Å². The number of carbonyl (C=O) groups is 2. The lowest BCUT2D eigenvalue weighted by molar-refractivity contribution is -0.139. The summed E-state index contributed by atoms with van der Waals surface area (Å²) in [7, 11) is -2.80. The van der Waals surface area contributed by atoms with Crippen LogP contribution in [0.3, 0.4) is 0 Å². The summed E-state index contributed by atoms with van der Waals surface area (Å²) >= 11 is 6.29. The van der Waals surface area contributed by atoms with Gasteiger partial charge in [-0.3, -0.25) is 13.9 Å². The highest BCUT2D eigenvalue weighted by Gasteiger charge is 2.34. The summed E-state index contributed by atoms with van der Waals surface area (Å²) < 4.78 is 34.5. The van der Waals surface area contributed by atoms with Gasteiger partial charge >= 0.3 is 0 Å². The van der Waals surface area contributed by atoms with E-state index in [0.717, 1.165) is 42.0 Å². The third-order valence-corrected chi connectivity index (χ3v) is 9.63. The zero-order valence-electron chi connectivity index (χ0n) is 24.0. The Labute approximate surface area is 253 Å². The molecule has 1 fully saturated rings. The van der Waals surface area contributed by atoms with Gasteiger partial charge in [-0.05, 0) is 62.1 Å². The third-order valence-electron chi connectivity index (χ3n) is 7.62. The minimum absolute atomic E-state index is 0.0127. The van der Waals surface area contributed by atoms with Crippen molar-refractivity contribution in [1.82, 2.24) is 10.2 Å². The second kappa shape index (κ2) is 14.6. The molecule has 3 aromatic rings. The SMILES string of the molecule is COc1ccc(Cl)cc1N(CC(=O)N(CCc1ccccc1)C(C)C(=O)NC1CCCCC1)S(=O)(=O)c1ccccc1. The van der Waals surface area contributed by atoms with Gasteiger partial charge in [0.25, 0.3) is 10.0 Å². The molecule has 10 heteroatoms. The molecule has 0 saturated heterocycles. The molecule has 4 rings (SSSR count). The first kappa shape index (κ1) is 31.4. The number of methoxy groups -OCH3 is 1. The maximum absolute atomic E-state index is 14.1. The number of nitrogens with zero attached hydrogens (tertiary/aromatic N) is 2. The molecule has 0 radical (unpaired) electrons. The Morgan fingerprint density at radius 1 is 0.976 bits per heavy atom. The highest BCUT2D eigenvalue weighted by molar-refractivity contribution is 7.92. The van der Waals surface area contributed by atoms with E-state index in [4.69, 9.17) is 16.3 Å². The van der Waals surface area contributed by atoms with Gasteiger partial charge < -0.3 is 15.0 Å². The minimum atomic E-state index is -4.22. The van der Waals surface area contributed by atoms with Crippen molar-refractivity contribution in [3.8, 4) is 5.75 Å². The number of rotatable bonds is 12. The lowest BCUT2D eigenvalue weighted by Crippen LogP contribution is -2.53. The fraction of sp³-hybridized carbons (Fsp3) is 0.375. The van der Waals surface area contributed by atoms with Gasteiger partial charge in [-0.1, -0.05) is 79.4 Å². The van der Waals surface area contributed by atoms with Crippen LogP contribution in [0.1, 0.15) is 44.6 Å². The number of anilines is 1. The fourth-order valence-electron chi connectivity index (χ4n) is 5.23. The monoisotopic (exact) mass is 611 g/mol. The fourth-order valence-corrected chi connectivity index (χ4v) is 6.83. The molecule has 2 amide bonds. The molecule has 0 spiro atoms. The number of halogens is 1. The molecule has 1 unspecified atom stereocenters. The molecule has 1 atom stereocenters. The number of benzene rings is 3. The largest absolute Gasteiger partial charge is 0.495 e. The van der Waals surface area contributed by atoms with Gasteiger partial charge in [0.05, 0.1) is 17.7 Å². The van der Waals surface area contributed by atoms with Crippen LogP contribution in [0.25, 0.3) is 0 Å². The first-order valence-corrected chi connectivity index (χ1v) is 16.1. The number of hydrogen-bond donors (Lipinski definition) is 1. The molecular weight excluding hydrogens is 574 g/mol. The summed E-state index contributed by atoms with van der Waals surface area (Å²) in [5, 5.41) is 3.40. The Kier molecular flexibility index (Phi) is 10.9. The van der Waals surface area contributed by atoms with Crippen LogP contribution < -0.4 is 14.4 Å². The van der Waals surface area contributed by atoms with Crippen molar-refractivity contribution in [2.75, 3.05) is 24.5 Å². The molecule has 1 saturated carbocycles. The van der Waals surface area contributed by atoms with Crippen molar-refractivity contribution in [2.45, 2.75) is 62.4 Å².